The summed E-state index contributed by atoms with van der Waals surface area (Å²) in [6.07, 6.45) is 2.36. The average Bonchev–Trinajstić information content (AvgIpc) is 2.83. The van der Waals surface area contributed by atoms with Crippen LogP contribution in [0.3, 0.4) is 0 Å². The maximum absolute atomic E-state index is 13.7. The Bertz CT molecular complexity index is 626. The molecule has 0 saturated carbocycles. The minimum Gasteiger partial charge on any atom is -0.258 e. The second-order valence-corrected chi connectivity index (χ2v) is 3.47. The van der Waals surface area contributed by atoms with Crippen molar-refractivity contribution in [3.8, 4) is 5.69 Å². The number of nitro groups is 1. The van der Waals surface area contributed by atoms with Crippen LogP contribution in [0.25, 0.3) is 5.69 Å². The molecule has 2 aromatic rings. The summed E-state index contributed by atoms with van der Waals surface area (Å²) in [6.45, 7) is 0.924. The highest BCUT2D eigenvalue weighted by Crippen LogP contribution is 2.32. The minimum absolute atomic E-state index is 0.707. The van der Waals surface area contributed by atoms with Crippen LogP contribution in [0, 0.1) is 34.5 Å². The molecule has 94 valence electrons. The molecule has 0 radical (unpaired) electrons. The number of benzene rings is 1. The summed E-state index contributed by atoms with van der Waals surface area (Å²) in [6, 6.07) is 1.35. The van der Waals surface area contributed by atoms with Crippen molar-refractivity contribution < 1.29 is 18.1 Å². The van der Waals surface area contributed by atoms with Gasteiger partial charge >= 0.3 is 5.69 Å². The van der Waals surface area contributed by atoms with E-state index in [1.54, 1.807) is 0 Å². The van der Waals surface area contributed by atoms with E-state index in [0.29, 0.717) is 4.68 Å². The first-order valence-corrected chi connectivity index (χ1v) is 4.76. The van der Waals surface area contributed by atoms with Crippen LogP contribution in [0.1, 0.15) is 5.56 Å². The van der Waals surface area contributed by atoms with E-state index in [0.717, 1.165) is 13.1 Å². The highest BCUT2D eigenvalue weighted by atomic mass is 19.2. The number of rotatable bonds is 2. The largest absolute Gasteiger partial charge is 0.333 e. The molecule has 0 atom stereocenters. The van der Waals surface area contributed by atoms with Crippen molar-refractivity contribution in [1.82, 2.24) is 9.78 Å². The van der Waals surface area contributed by atoms with Crippen molar-refractivity contribution in [1.29, 1.82) is 0 Å². The van der Waals surface area contributed by atoms with Gasteiger partial charge in [-0.3, -0.25) is 10.1 Å². The summed E-state index contributed by atoms with van der Waals surface area (Å²) in [7, 11) is 0. The highest BCUT2D eigenvalue weighted by Gasteiger charge is 2.32. The normalized spacial score (nSPS) is 10.7. The Morgan fingerprint density at radius 1 is 1.28 bits per heavy atom. The van der Waals surface area contributed by atoms with Crippen LogP contribution in [-0.4, -0.2) is 14.7 Å². The lowest BCUT2D eigenvalue weighted by Gasteiger charge is -2.08. The van der Waals surface area contributed by atoms with Crippen LogP contribution in [-0.2, 0) is 0 Å². The van der Waals surface area contributed by atoms with Gasteiger partial charge in [0, 0.05) is 18.0 Å². The number of hydrogen-bond acceptors (Lipinski definition) is 3. The lowest BCUT2D eigenvalue weighted by atomic mass is 10.1. The van der Waals surface area contributed by atoms with Crippen LogP contribution in [0.5, 0.6) is 0 Å². The van der Waals surface area contributed by atoms with E-state index in [-0.39, 0.29) is 0 Å². The predicted octanol–water partition coefficient (Wildman–Crippen LogP) is 2.51. The second-order valence-electron chi connectivity index (χ2n) is 3.47. The second kappa shape index (κ2) is 4.13. The predicted molar refractivity (Wildman–Crippen MR) is 54.8 cm³/mol. The van der Waals surface area contributed by atoms with Crippen LogP contribution in [0.4, 0.5) is 18.9 Å². The van der Waals surface area contributed by atoms with Crippen molar-refractivity contribution in [3.05, 3.63) is 51.6 Å². The molecule has 0 unspecified atom stereocenters. The molecule has 1 aromatic carbocycles. The third-order valence-corrected chi connectivity index (χ3v) is 2.41. The fourth-order valence-corrected chi connectivity index (χ4v) is 1.53. The minimum atomic E-state index is -1.51. The lowest BCUT2D eigenvalue weighted by molar-refractivity contribution is -0.387. The van der Waals surface area contributed by atoms with E-state index in [9.17, 15) is 23.3 Å². The summed E-state index contributed by atoms with van der Waals surface area (Å²) in [5, 5.41) is 14.3. The van der Waals surface area contributed by atoms with Gasteiger partial charge < -0.3 is 0 Å². The summed E-state index contributed by atoms with van der Waals surface area (Å²) in [5.41, 5.74) is -2.74. The Kier molecular flexibility index (Phi) is 2.77. The number of aromatic nitrogens is 2. The maximum Gasteiger partial charge on any atom is 0.333 e. The fraction of sp³-hybridized carbons (Fsp3) is 0.100. The first-order valence-electron chi connectivity index (χ1n) is 4.76. The van der Waals surface area contributed by atoms with Gasteiger partial charge in [-0.25, -0.2) is 13.5 Å². The van der Waals surface area contributed by atoms with Gasteiger partial charge in [0.1, 0.15) is 0 Å². The molecule has 0 aliphatic carbocycles. The quantitative estimate of drug-likeness (QED) is 0.471. The molecule has 0 spiro atoms. The van der Waals surface area contributed by atoms with Crippen molar-refractivity contribution >= 4 is 5.69 Å². The monoisotopic (exact) mass is 257 g/mol. The highest BCUT2D eigenvalue weighted by molar-refractivity contribution is 5.56. The Morgan fingerprint density at radius 3 is 2.44 bits per heavy atom. The zero-order chi connectivity index (χ0) is 13.4. The first-order chi connectivity index (χ1) is 8.45. The molecule has 0 aliphatic heterocycles. The molecule has 0 fully saturated rings. The molecule has 2 rings (SSSR count). The van der Waals surface area contributed by atoms with Gasteiger partial charge in [0.25, 0.3) is 0 Å². The zero-order valence-electron chi connectivity index (χ0n) is 9.02. The summed E-state index contributed by atoms with van der Waals surface area (Å²) >= 11 is 0. The summed E-state index contributed by atoms with van der Waals surface area (Å²) in [5.74, 6) is -4.39. The molecular formula is C10H6F3N3O2. The first kappa shape index (κ1) is 12.1. The van der Waals surface area contributed by atoms with Gasteiger partial charge in [-0.15, -0.1) is 0 Å². The Morgan fingerprint density at radius 2 is 1.94 bits per heavy atom. The Balaban J connectivity index is 2.90. The topological polar surface area (TPSA) is 61.0 Å². The van der Waals surface area contributed by atoms with Crippen molar-refractivity contribution in [2.75, 3.05) is 0 Å². The summed E-state index contributed by atoms with van der Waals surface area (Å²) in [4.78, 5) is 9.68. The van der Waals surface area contributed by atoms with E-state index in [4.69, 9.17) is 0 Å². The molecule has 1 aromatic heterocycles. The number of nitrogens with zero attached hydrogens (tertiary/aromatic N) is 3. The third kappa shape index (κ3) is 1.62. The van der Waals surface area contributed by atoms with Gasteiger partial charge in [-0.1, -0.05) is 0 Å². The molecule has 0 bridgehead atoms. The lowest BCUT2D eigenvalue weighted by Crippen LogP contribution is -2.10. The van der Waals surface area contributed by atoms with Gasteiger partial charge in [0.15, 0.2) is 17.3 Å². The molecule has 0 N–H and O–H groups in total. The van der Waals surface area contributed by atoms with Crippen LogP contribution < -0.4 is 0 Å². The molecule has 0 saturated heterocycles. The van der Waals surface area contributed by atoms with E-state index < -0.39 is 39.3 Å². The van der Waals surface area contributed by atoms with Gasteiger partial charge in [0.05, 0.1) is 4.92 Å². The molecular weight excluding hydrogens is 251 g/mol. The van der Waals surface area contributed by atoms with Crippen LogP contribution >= 0.6 is 0 Å². The molecule has 0 amide bonds. The summed E-state index contributed by atoms with van der Waals surface area (Å²) < 4.78 is 41.5. The Labute approximate surface area is 98.6 Å². The molecule has 18 heavy (non-hydrogen) atoms. The SMILES string of the molecule is Cc1c(F)c(F)c(-n2cccn2)c([N+](=O)[O-])c1F. The Hall–Kier alpha value is -2.38. The van der Waals surface area contributed by atoms with Gasteiger partial charge in [0.2, 0.25) is 5.82 Å². The fourth-order valence-electron chi connectivity index (χ4n) is 1.53. The van der Waals surface area contributed by atoms with Gasteiger partial charge in [-0.05, 0) is 13.0 Å². The van der Waals surface area contributed by atoms with Crippen LogP contribution in [0.15, 0.2) is 18.5 Å². The number of nitro benzene ring substituents is 1. The third-order valence-electron chi connectivity index (χ3n) is 2.41. The van der Waals surface area contributed by atoms with E-state index in [2.05, 4.69) is 5.10 Å². The molecule has 5 nitrogen and oxygen atoms in total. The zero-order valence-corrected chi connectivity index (χ0v) is 9.02. The van der Waals surface area contributed by atoms with E-state index in [1.807, 2.05) is 0 Å². The molecule has 1 heterocycles. The van der Waals surface area contributed by atoms with E-state index in [1.165, 1.54) is 12.3 Å². The van der Waals surface area contributed by atoms with Crippen LogP contribution in [0.2, 0.25) is 0 Å². The van der Waals surface area contributed by atoms with E-state index >= 15 is 0 Å². The standard InChI is InChI=1S/C10H6F3N3O2/c1-5-6(11)8(13)9(15-4-2-3-14-15)10(7(5)12)16(17)18/h2-4H,1H3. The number of halogens is 3. The average molecular weight is 257 g/mol. The smallest absolute Gasteiger partial charge is 0.258 e. The van der Waals surface area contributed by atoms with Crippen molar-refractivity contribution in [3.63, 3.8) is 0 Å². The molecule has 0 aliphatic rings. The molecule has 8 heteroatoms. The maximum atomic E-state index is 13.7. The van der Waals surface area contributed by atoms with Crippen molar-refractivity contribution in [2.24, 2.45) is 0 Å². The van der Waals surface area contributed by atoms with Crippen molar-refractivity contribution in [2.45, 2.75) is 6.92 Å². The number of hydrogen-bond donors (Lipinski definition) is 0. The van der Waals surface area contributed by atoms with Gasteiger partial charge in [-0.2, -0.15) is 9.49 Å².